The van der Waals surface area contributed by atoms with Crippen molar-refractivity contribution in [1.29, 1.82) is 0 Å². The molecular formula is C22H25N3O2. The number of hydrogen-bond donors (Lipinski definition) is 3. The van der Waals surface area contributed by atoms with E-state index in [9.17, 15) is 9.59 Å². The van der Waals surface area contributed by atoms with Crippen molar-refractivity contribution in [1.82, 2.24) is 4.98 Å². The standard InChI is InChI=1S/C22H25N3O2/c23-17-10-6-8-12-19(17)25-22(27)14-4-2-1-3-13-21(26)20-15-16-9-5-7-11-18(16)24-20/h5-12,15,24H,1-4,13-14,23H2,(H,25,27). The largest absolute Gasteiger partial charge is 0.397 e. The second kappa shape index (κ2) is 9.03. The number of carbonyl (C=O) groups is 2. The third kappa shape index (κ3) is 5.20. The number of aromatic amines is 1. The first kappa shape index (κ1) is 18.7. The molecule has 27 heavy (non-hydrogen) atoms. The van der Waals surface area contributed by atoms with Gasteiger partial charge in [-0.25, -0.2) is 0 Å². The first-order valence-electron chi connectivity index (χ1n) is 9.39. The predicted octanol–water partition coefficient (Wildman–Crippen LogP) is 4.91. The molecule has 2 aromatic carbocycles. The van der Waals surface area contributed by atoms with Gasteiger partial charge in [-0.1, -0.05) is 43.2 Å². The quantitative estimate of drug-likeness (QED) is 0.287. The summed E-state index contributed by atoms with van der Waals surface area (Å²) >= 11 is 0. The molecule has 0 atom stereocenters. The van der Waals surface area contributed by atoms with Crippen molar-refractivity contribution in [2.75, 3.05) is 11.1 Å². The molecule has 1 amide bonds. The van der Waals surface area contributed by atoms with Crippen LogP contribution in [-0.2, 0) is 4.79 Å². The van der Waals surface area contributed by atoms with E-state index in [1.165, 1.54) is 0 Å². The van der Waals surface area contributed by atoms with Crippen LogP contribution >= 0.6 is 0 Å². The minimum absolute atomic E-state index is 0.0259. The topological polar surface area (TPSA) is 88.0 Å². The molecule has 0 fully saturated rings. The number of aromatic nitrogens is 1. The number of Topliss-reactive ketones (excluding diaryl/α,β-unsaturated/α-hetero) is 1. The van der Waals surface area contributed by atoms with Gasteiger partial charge >= 0.3 is 0 Å². The molecule has 1 heterocycles. The van der Waals surface area contributed by atoms with Crippen LogP contribution in [0.4, 0.5) is 11.4 Å². The van der Waals surface area contributed by atoms with E-state index in [4.69, 9.17) is 5.73 Å². The number of H-pyrrole nitrogens is 1. The van der Waals surface area contributed by atoms with E-state index in [1.54, 1.807) is 12.1 Å². The zero-order valence-electron chi connectivity index (χ0n) is 15.3. The van der Waals surface area contributed by atoms with E-state index in [-0.39, 0.29) is 11.7 Å². The number of rotatable bonds is 9. The van der Waals surface area contributed by atoms with E-state index < -0.39 is 0 Å². The zero-order chi connectivity index (χ0) is 19.1. The Morgan fingerprint density at radius 1 is 0.889 bits per heavy atom. The fourth-order valence-corrected chi connectivity index (χ4v) is 3.11. The second-order valence-corrected chi connectivity index (χ2v) is 6.74. The van der Waals surface area contributed by atoms with Crippen molar-refractivity contribution >= 4 is 34.0 Å². The van der Waals surface area contributed by atoms with E-state index in [0.29, 0.717) is 29.9 Å². The number of para-hydroxylation sites is 3. The number of carbonyl (C=O) groups excluding carboxylic acids is 2. The summed E-state index contributed by atoms with van der Waals surface area (Å²) in [5.41, 5.74) is 8.71. The van der Waals surface area contributed by atoms with Gasteiger partial charge in [-0.3, -0.25) is 9.59 Å². The average Bonchev–Trinajstić information content (AvgIpc) is 3.10. The number of anilines is 2. The maximum atomic E-state index is 12.3. The molecule has 5 nitrogen and oxygen atoms in total. The molecule has 0 aliphatic carbocycles. The van der Waals surface area contributed by atoms with Gasteiger partial charge in [0.2, 0.25) is 5.91 Å². The lowest BCUT2D eigenvalue weighted by molar-refractivity contribution is -0.116. The Morgan fingerprint density at radius 2 is 1.59 bits per heavy atom. The van der Waals surface area contributed by atoms with Gasteiger partial charge < -0.3 is 16.0 Å². The molecule has 1 aromatic heterocycles. The molecule has 4 N–H and O–H groups in total. The normalized spacial score (nSPS) is 10.8. The fraction of sp³-hybridized carbons (Fsp3) is 0.273. The highest BCUT2D eigenvalue weighted by Gasteiger charge is 2.09. The molecule has 0 aliphatic rings. The SMILES string of the molecule is Nc1ccccc1NC(=O)CCCCCCC(=O)c1cc2ccccc2[nH]1. The number of amides is 1. The minimum Gasteiger partial charge on any atom is -0.397 e. The molecule has 3 rings (SSSR count). The molecule has 0 spiro atoms. The first-order chi connectivity index (χ1) is 13.1. The van der Waals surface area contributed by atoms with Gasteiger partial charge in [-0.2, -0.15) is 0 Å². The van der Waals surface area contributed by atoms with Gasteiger partial charge in [0, 0.05) is 23.7 Å². The fourth-order valence-electron chi connectivity index (χ4n) is 3.11. The lowest BCUT2D eigenvalue weighted by atomic mass is 10.1. The first-order valence-corrected chi connectivity index (χ1v) is 9.39. The van der Waals surface area contributed by atoms with Crippen LogP contribution in [-0.4, -0.2) is 16.7 Å². The van der Waals surface area contributed by atoms with Gasteiger partial charge in [0.15, 0.2) is 5.78 Å². The maximum absolute atomic E-state index is 12.3. The number of hydrogen-bond acceptors (Lipinski definition) is 3. The highest BCUT2D eigenvalue weighted by Crippen LogP contribution is 2.18. The van der Waals surface area contributed by atoms with Crippen LogP contribution in [0.1, 0.15) is 49.0 Å². The number of benzene rings is 2. The van der Waals surface area contributed by atoms with Crippen LogP contribution in [0.15, 0.2) is 54.6 Å². The van der Waals surface area contributed by atoms with Crippen LogP contribution in [0.25, 0.3) is 10.9 Å². The average molecular weight is 363 g/mol. The Kier molecular flexibility index (Phi) is 6.26. The number of unbranched alkanes of at least 4 members (excludes halogenated alkanes) is 3. The number of nitrogen functional groups attached to an aromatic ring is 1. The third-order valence-corrected chi connectivity index (χ3v) is 4.62. The number of nitrogens with one attached hydrogen (secondary N) is 2. The molecule has 140 valence electrons. The summed E-state index contributed by atoms with van der Waals surface area (Å²) in [6.07, 6.45) is 4.49. The van der Waals surface area contributed by atoms with Crippen molar-refractivity contribution in [3.05, 3.63) is 60.3 Å². The van der Waals surface area contributed by atoms with Crippen molar-refractivity contribution in [3.8, 4) is 0 Å². The lowest BCUT2D eigenvalue weighted by Crippen LogP contribution is -2.12. The molecule has 0 aliphatic heterocycles. The summed E-state index contributed by atoms with van der Waals surface area (Å²) in [6, 6.07) is 17.0. The van der Waals surface area contributed by atoms with Gasteiger partial charge in [-0.05, 0) is 37.1 Å². The molecule has 0 radical (unpaired) electrons. The number of ketones is 1. The van der Waals surface area contributed by atoms with Crippen LogP contribution in [0.3, 0.4) is 0 Å². The molecule has 0 saturated carbocycles. The van der Waals surface area contributed by atoms with Crippen LogP contribution < -0.4 is 11.1 Å². The predicted molar refractivity (Wildman–Crippen MR) is 110 cm³/mol. The van der Waals surface area contributed by atoms with Crippen LogP contribution in [0.5, 0.6) is 0 Å². The number of nitrogens with two attached hydrogens (primary N) is 1. The van der Waals surface area contributed by atoms with Gasteiger partial charge in [0.1, 0.15) is 0 Å². The molecule has 0 bridgehead atoms. The van der Waals surface area contributed by atoms with Crippen molar-refractivity contribution in [2.24, 2.45) is 0 Å². The Hall–Kier alpha value is -3.08. The van der Waals surface area contributed by atoms with E-state index in [2.05, 4.69) is 10.3 Å². The van der Waals surface area contributed by atoms with Gasteiger partial charge in [-0.15, -0.1) is 0 Å². The highest BCUT2D eigenvalue weighted by molar-refractivity contribution is 5.99. The van der Waals surface area contributed by atoms with E-state index >= 15 is 0 Å². The smallest absolute Gasteiger partial charge is 0.224 e. The lowest BCUT2D eigenvalue weighted by Gasteiger charge is -2.07. The Morgan fingerprint density at radius 3 is 2.37 bits per heavy atom. The Balaban J connectivity index is 1.32. The van der Waals surface area contributed by atoms with Gasteiger partial charge in [0.25, 0.3) is 0 Å². The van der Waals surface area contributed by atoms with Crippen molar-refractivity contribution in [2.45, 2.75) is 38.5 Å². The maximum Gasteiger partial charge on any atom is 0.224 e. The van der Waals surface area contributed by atoms with Crippen molar-refractivity contribution in [3.63, 3.8) is 0 Å². The molecule has 0 saturated heterocycles. The summed E-state index contributed by atoms with van der Waals surface area (Å²) in [7, 11) is 0. The third-order valence-electron chi connectivity index (χ3n) is 4.62. The summed E-state index contributed by atoms with van der Waals surface area (Å²) < 4.78 is 0. The van der Waals surface area contributed by atoms with Crippen molar-refractivity contribution < 1.29 is 9.59 Å². The molecule has 5 heteroatoms. The Bertz CT molecular complexity index is 897. The van der Waals surface area contributed by atoms with E-state index in [0.717, 1.165) is 36.6 Å². The summed E-state index contributed by atoms with van der Waals surface area (Å²) in [6.45, 7) is 0. The summed E-state index contributed by atoms with van der Waals surface area (Å²) in [4.78, 5) is 27.4. The number of fused-ring (bicyclic) bond motifs is 1. The summed E-state index contributed by atoms with van der Waals surface area (Å²) in [5.74, 6) is 0.116. The monoisotopic (exact) mass is 363 g/mol. The molecular weight excluding hydrogens is 338 g/mol. The highest BCUT2D eigenvalue weighted by atomic mass is 16.1. The Labute approximate surface area is 159 Å². The minimum atomic E-state index is -0.0259. The molecule has 3 aromatic rings. The van der Waals surface area contributed by atoms with Gasteiger partial charge in [0.05, 0.1) is 17.1 Å². The molecule has 0 unspecified atom stereocenters. The van der Waals surface area contributed by atoms with Crippen LogP contribution in [0.2, 0.25) is 0 Å². The second-order valence-electron chi connectivity index (χ2n) is 6.74. The summed E-state index contributed by atoms with van der Waals surface area (Å²) in [5, 5.41) is 3.89. The zero-order valence-corrected chi connectivity index (χ0v) is 15.3. The van der Waals surface area contributed by atoms with E-state index in [1.807, 2.05) is 42.5 Å². The van der Waals surface area contributed by atoms with Crippen LogP contribution in [0, 0.1) is 0 Å².